The number of aromatic hydroxyl groups is 1. The summed E-state index contributed by atoms with van der Waals surface area (Å²) in [5.74, 6) is 0.0838. The van der Waals surface area contributed by atoms with Crippen LogP contribution in [0, 0.1) is 10.1 Å². The van der Waals surface area contributed by atoms with Crippen LogP contribution in [0.4, 0.5) is 5.69 Å². The van der Waals surface area contributed by atoms with Gasteiger partial charge in [-0.2, -0.15) is 0 Å². The van der Waals surface area contributed by atoms with E-state index in [2.05, 4.69) is 0 Å². The van der Waals surface area contributed by atoms with Gasteiger partial charge in [0.2, 0.25) is 0 Å². The van der Waals surface area contributed by atoms with Gasteiger partial charge in [-0.05, 0) is 22.9 Å². The number of rotatable bonds is 3. The summed E-state index contributed by atoms with van der Waals surface area (Å²) in [7, 11) is 0. The SMILES string of the molecule is O=[N+]([O-])c1cc(-c2cccs2)c(O)c(-c2cccs2)c1. The minimum Gasteiger partial charge on any atom is -0.507 e. The molecule has 1 N–H and O–H groups in total. The van der Waals surface area contributed by atoms with Crippen molar-refractivity contribution in [2.45, 2.75) is 0 Å². The molecule has 0 fully saturated rings. The van der Waals surface area contributed by atoms with E-state index in [1.165, 1.54) is 34.8 Å². The van der Waals surface area contributed by atoms with Gasteiger partial charge in [0, 0.05) is 33.0 Å². The van der Waals surface area contributed by atoms with Gasteiger partial charge in [0.05, 0.1) is 4.92 Å². The lowest BCUT2D eigenvalue weighted by molar-refractivity contribution is -0.384. The molecule has 20 heavy (non-hydrogen) atoms. The molecule has 0 bridgehead atoms. The van der Waals surface area contributed by atoms with Crippen molar-refractivity contribution >= 4 is 28.4 Å². The number of nitrogens with zero attached hydrogens (tertiary/aromatic N) is 1. The Morgan fingerprint density at radius 2 is 1.50 bits per heavy atom. The number of benzene rings is 1. The Kier molecular flexibility index (Phi) is 3.25. The van der Waals surface area contributed by atoms with Crippen LogP contribution >= 0.6 is 22.7 Å². The third kappa shape index (κ3) is 2.19. The Labute approximate surface area is 122 Å². The molecule has 0 saturated heterocycles. The molecule has 6 heteroatoms. The van der Waals surface area contributed by atoms with E-state index in [1.807, 2.05) is 35.0 Å². The number of thiophene rings is 2. The number of nitro benzene ring substituents is 1. The molecule has 0 radical (unpaired) electrons. The number of nitro groups is 1. The summed E-state index contributed by atoms with van der Waals surface area (Å²) in [5.41, 5.74) is 0.977. The van der Waals surface area contributed by atoms with E-state index >= 15 is 0 Å². The topological polar surface area (TPSA) is 63.4 Å². The van der Waals surface area contributed by atoms with Gasteiger partial charge < -0.3 is 5.11 Å². The summed E-state index contributed by atoms with van der Waals surface area (Å²) in [6.07, 6.45) is 0. The van der Waals surface area contributed by atoms with Crippen LogP contribution in [0.15, 0.2) is 47.2 Å². The van der Waals surface area contributed by atoms with Gasteiger partial charge in [0.15, 0.2) is 0 Å². The summed E-state index contributed by atoms with van der Waals surface area (Å²) < 4.78 is 0. The molecule has 0 atom stereocenters. The van der Waals surface area contributed by atoms with Crippen LogP contribution in [0.5, 0.6) is 5.75 Å². The van der Waals surface area contributed by atoms with Crippen LogP contribution < -0.4 is 0 Å². The van der Waals surface area contributed by atoms with Crippen LogP contribution in [0.1, 0.15) is 0 Å². The number of non-ortho nitro benzene ring substituents is 1. The second-order valence-corrected chi connectivity index (χ2v) is 6.00. The van der Waals surface area contributed by atoms with Gasteiger partial charge in [-0.3, -0.25) is 10.1 Å². The first-order valence-corrected chi connectivity index (χ1v) is 7.52. The van der Waals surface area contributed by atoms with Gasteiger partial charge in [-0.25, -0.2) is 0 Å². The predicted molar refractivity (Wildman–Crippen MR) is 81.4 cm³/mol. The second kappa shape index (κ2) is 5.07. The monoisotopic (exact) mass is 303 g/mol. The molecule has 0 saturated carbocycles. The van der Waals surface area contributed by atoms with Crippen LogP contribution in [0.3, 0.4) is 0 Å². The lowest BCUT2D eigenvalue weighted by atomic mass is 10.0. The Hall–Kier alpha value is -2.18. The molecule has 0 aliphatic carbocycles. The van der Waals surface area contributed by atoms with Crippen LogP contribution in [-0.2, 0) is 0 Å². The molecule has 0 amide bonds. The van der Waals surface area contributed by atoms with Gasteiger partial charge in [0.1, 0.15) is 5.75 Å². The first-order chi connectivity index (χ1) is 9.66. The molecular weight excluding hydrogens is 294 g/mol. The molecule has 3 aromatic rings. The van der Waals surface area contributed by atoms with E-state index in [-0.39, 0.29) is 11.4 Å². The molecule has 4 nitrogen and oxygen atoms in total. The molecule has 0 aliphatic heterocycles. The number of phenolic OH excluding ortho intramolecular Hbond substituents is 1. The molecule has 2 heterocycles. The first-order valence-electron chi connectivity index (χ1n) is 5.76. The highest BCUT2D eigenvalue weighted by Gasteiger charge is 2.19. The molecule has 100 valence electrons. The van der Waals surface area contributed by atoms with E-state index in [4.69, 9.17) is 0 Å². The fourth-order valence-electron chi connectivity index (χ4n) is 1.96. The Balaban J connectivity index is 2.27. The zero-order valence-corrected chi connectivity index (χ0v) is 11.8. The van der Waals surface area contributed by atoms with Crippen molar-refractivity contribution in [3.63, 3.8) is 0 Å². The third-order valence-corrected chi connectivity index (χ3v) is 4.69. The lowest BCUT2D eigenvalue weighted by Crippen LogP contribution is -1.90. The zero-order valence-electron chi connectivity index (χ0n) is 10.1. The minimum absolute atomic E-state index is 0.0189. The molecule has 2 aromatic heterocycles. The fourth-order valence-corrected chi connectivity index (χ4v) is 3.45. The minimum atomic E-state index is -0.437. The molecular formula is C14H9NO3S2. The van der Waals surface area contributed by atoms with Crippen molar-refractivity contribution < 1.29 is 10.0 Å². The largest absolute Gasteiger partial charge is 0.507 e. The summed E-state index contributed by atoms with van der Waals surface area (Å²) in [4.78, 5) is 12.3. The smallest absolute Gasteiger partial charge is 0.271 e. The van der Waals surface area contributed by atoms with E-state index in [1.54, 1.807) is 0 Å². The third-order valence-electron chi connectivity index (χ3n) is 2.88. The van der Waals surface area contributed by atoms with E-state index < -0.39 is 4.92 Å². The summed E-state index contributed by atoms with van der Waals surface area (Å²) >= 11 is 2.87. The average Bonchev–Trinajstić information content (AvgIpc) is 3.12. The van der Waals surface area contributed by atoms with E-state index in [0.717, 1.165) is 9.75 Å². The van der Waals surface area contributed by atoms with Gasteiger partial charge >= 0.3 is 0 Å². The zero-order chi connectivity index (χ0) is 14.1. The fraction of sp³-hybridized carbons (Fsp3) is 0. The van der Waals surface area contributed by atoms with Gasteiger partial charge in [-0.1, -0.05) is 12.1 Å². The van der Waals surface area contributed by atoms with Crippen LogP contribution in [-0.4, -0.2) is 10.0 Å². The first kappa shape index (κ1) is 12.8. The van der Waals surface area contributed by atoms with Crippen molar-refractivity contribution in [1.29, 1.82) is 0 Å². The molecule has 0 spiro atoms. The quantitative estimate of drug-likeness (QED) is 0.560. The highest BCUT2D eigenvalue weighted by atomic mass is 32.1. The summed E-state index contributed by atoms with van der Waals surface area (Å²) in [6, 6.07) is 10.2. The van der Waals surface area contributed by atoms with Crippen molar-refractivity contribution in [3.8, 4) is 26.6 Å². The molecule has 1 aromatic carbocycles. The number of hydrogen-bond acceptors (Lipinski definition) is 5. The summed E-state index contributed by atoms with van der Waals surface area (Å²) in [5, 5.41) is 25.3. The number of phenols is 1. The highest BCUT2D eigenvalue weighted by molar-refractivity contribution is 7.14. The van der Waals surface area contributed by atoms with Crippen molar-refractivity contribution in [2.75, 3.05) is 0 Å². The molecule has 0 unspecified atom stereocenters. The summed E-state index contributed by atoms with van der Waals surface area (Å²) in [6.45, 7) is 0. The standard InChI is InChI=1S/C14H9NO3S2/c16-14-10(12-3-1-5-19-12)7-9(15(17)18)8-11(14)13-4-2-6-20-13/h1-8,16H. The Morgan fingerprint density at radius 1 is 1.00 bits per heavy atom. The normalized spacial score (nSPS) is 10.6. The number of hydrogen-bond donors (Lipinski definition) is 1. The second-order valence-electron chi connectivity index (χ2n) is 4.10. The van der Waals surface area contributed by atoms with Crippen LogP contribution in [0.2, 0.25) is 0 Å². The maximum Gasteiger partial charge on any atom is 0.271 e. The molecule has 3 rings (SSSR count). The lowest BCUT2D eigenvalue weighted by Gasteiger charge is -2.07. The van der Waals surface area contributed by atoms with Gasteiger partial charge in [0.25, 0.3) is 5.69 Å². The van der Waals surface area contributed by atoms with Crippen molar-refractivity contribution in [3.05, 3.63) is 57.3 Å². The van der Waals surface area contributed by atoms with Gasteiger partial charge in [-0.15, -0.1) is 22.7 Å². The van der Waals surface area contributed by atoms with Crippen molar-refractivity contribution in [1.82, 2.24) is 0 Å². The maximum absolute atomic E-state index is 11.1. The highest BCUT2D eigenvalue weighted by Crippen LogP contribution is 2.43. The molecule has 0 aliphatic rings. The maximum atomic E-state index is 11.1. The predicted octanol–water partition coefficient (Wildman–Crippen LogP) is 4.76. The van der Waals surface area contributed by atoms with Crippen molar-refractivity contribution in [2.24, 2.45) is 0 Å². The Bertz CT molecular complexity index is 694. The Morgan fingerprint density at radius 3 is 1.85 bits per heavy atom. The van der Waals surface area contributed by atoms with E-state index in [0.29, 0.717) is 11.1 Å². The average molecular weight is 303 g/mol. The van der Waals surface area contributed by atoms with E-state index in [9.17, 15) is 15.2 Å². The van der Waals surface area contributed by atoms with Crippen LogP contribution in [0.25, 0.3) is 20.9 Å².